The Kier molecular flexibility index (Phi) is 4.66. The third kappa shape index (κ3) is 3.88. The van der Waals surface area contributed by atoms with E-state index in [0.717, 1.165) is 30.4 Å². The van der Waals surface area contributed by atoms with Gasteiger partial charge in [-0.1, -0.05) is 6.42 Å². The Morgan fingerprint density at radius 2 is 1.89 bits per heavy atom. The first kappa shape index (κ1) is 13.7. The predicted molar refractivity (Wildman–Crippen MR) is 71.9 cm³/mol. The maximum absolute atomic E-state index is 12.7. The zero-order chi connectivity index (χ0) is 13.7. The van der Waals surface area contributed by atoms with Crippen molar-refractivity contribution in [3.8, 4) is 0 Å². The summed E-state index contributed by atoms with van der Waals surface area (Å²) in [6.45, 7) is 0. The first-order valence-electron chi connectivity index (χ1n) is 6.74. The highest BCUT2D eigenvalue weighted by Crippen LogP contribution is 2.19. The molecule has 0 spiro atoms. The maximum Gasteiger partial charge on any atom is 0.172 e. The Bertz CT molecular complexity index is 462. The Morgan fingerprint density at radius 1 is 1.26 bits per heavy atom. The molecule has 4 heteroatoms. The third-order valence-corrected chi connectivity index (χ3v) is 3.56. The van der Waals surface area contributed by atoms with Crippen molar-refractivity contribution in [1.82, 2.24) is 0 Å². The van der Waals surface area contributed by atoms with Crippen LogP contribution in [0.3, 0.4) is 0 Å². The number of halogens is 1. The summed E-state index contributed by atoms with van der Waals surface area (Å²) in [5, 5.41) is 11.8. The van der Waals surface area contributed by atoms with Gasteiger partial charge in [-0.3, -0.25) is 4.79 Å². The number of hydroxylamine groups is 1. The van der Waals surface area contributed by atoms with Crippen LogP contribution in [0, 0.1) is 11.0 Å². The fourth-order valence-corrected chi connectivity index (χ4v) is 2.41. The zero-order valence-corrected chi connectivity index (χ0v) is 10.8. The summed E-state index contributed by atoms with van der Waals surface area (Å²) in [5.41, 5.74) is 0.440. The highest BCUT2D eigenvalue weighted by molar-refractivity contribution is 6.02. The molecule has 2 rings (SSSR count). The van der Waals surface area contributed by atoms with Crippen molar-refractivity contribution in [2.24, 2.45) is 0 Å². The van der Waals surface area contributed by atoms with Gasteiger partial charge in [0.05, 0.1) is 6.42 Å². The topological polar surface area (TPSA) is 43.1 Å². The number of benzene rings is 1. The van der Waals surface area contributed by atoms with Crippen molar-refractivity contribution >= 4 is 12.0 Å². The minimum absolute atomic E-state index is 0.0229. The van der Waals surface area contributed by atoms with Crippen LogP contribution < -0.4 is 0 Å². The van der Waals surface area contributed by atoms with Crippen LogP contribution in [0.25, 0.3) is 0 Å². The standard InChI is InChI=1S/C15H18FNO2/c16-13-8-6-12(7-9-13)15(18)10-11-17(19)14-4-2-1-3-5-14/h6-9,11,14H,1-5,10H2/b17-11-. The number of nitrogens with zero attached hydrogens (tertiary/aromatic N) is 1. The fourth-order valence-electron chi connectivity index (χ4n) is 2.41. The molecule has 0 aliphatic heterocycles. The van der Waals surface area contributed by atoms with Crippen molar-refractivity contribution in [2.75, 3.05) is 0 Å². The van der Waals surface area contributed by atoms with E-state index in [-0.39, 0.29) is 24.1 Å². The second kappa shape index (κ2) is 6.45. The van der Waals surface area contributed by atoms with Crippen LogP contribution in [0.4, 0.5) is 4.39 Å². The molecule has 1 aromatic rings. The minimum atomic E-state index is -0.367. The molecule has 19 heavy (non-hydrogen) atoms. The minimum Gasteiger partial charge on any atom is -0.624 e. The monoisotopic (exact) mass is 263 g/mol. The van der Waals surface area contributed by atoms with Crippen molar-refractivity contribution < 1.29 is 13.9 Å². The average Bonchev–Trinajstić information content (AvgIpc) is 2.46. The summed E-state index contributed by atoms with van der Waals surface area (Å²) in [6.07, 6.45) is 6.67. The normalized spacial score (nSPS) is 17.4. The molecule has 1 aliphatic rings. The molecule has 0 aromatic heterocycles. The second-order valence-corrected chi connectivity index (χ2v) is 4.97. The Labute approximate surface area is 112 Å². The van der Waals surface area contributed by atoms with Gasteiger partial charge in [-0.2, -0.15) is 0 Å². The van der Waals surface area contributed by atoms with Gasteiger partial charge in [0.25, 0.3) is 0 Å². The first-order chi connectivity index (χ1) is 9.16. The quantitative estimate of drug-likeness (QED) is 0.275. The van der Waals surface area contributed by atoms with Gasteiger partial charge in [0.1, 0.15) is 5.82 Å². The zero-order valence-electron chi connectivity index (χ0n) is 10.8. The van der Waals surface area contributed by atoms with E-state index in [1.54, 1.807) is 0 Å². The lowest BCUT2D eigenvalue weighted by molar-refractivity contribution is -0.501. The van der Waals surface area contributed by atoms with Gasteiger partial charge < -0.3 is 5.21 Å². The van der Waals surface area contributed by atoms with Gasteiger partial charge in [0.2, 0.25) is 0 Å². The fraction of sp³-hybridized carbons (Fsp3) is 0.467. The predicted octanol–water partition coefficient (Wildman–Crippen LogP) is 3.31. The number of carbonyl (C=O) groups excluding carboxylic acids is 1. The van der Waals surface area contributed by atoms with Gasteiger partial charge in [0, 0.05) is 18.4 Å². The third-order valence-electron chi connectivity index (χ3n) is 3.56. The molecule has 1 aromatic carbocycles. The molecule has 0 radical (unpaired) electrons. The summed E-state index contributed by atoms with van der Waals surface area (Å²) in [4.78, 5) is 11.8. The van der Waals surface area contributed by atoms with Crippen molar-refractivity contribution in [1.29, 1.82) is 0 Å². The van der Waals surface area contributed by atoms with Crippen LogP contribution in [0.15, 0.2) is 24.3 Å². The number of hydrogen-bond donors (Lipinski definition) is 0. The van der Waals surface area contributed by atoms with E-state index in [4.69, 9.17) is 0 Å². The molecule has 0 bridgehead atoms. The summed E-state index contributed by atoms with van der Waals surface area (Å²) in [5.74, 6) is -0.523. The van der Waals surface area contributed by atoms with Crippen LogP contribution >= 0.6 is 0 Å². The van der Waals surface area contributed by atoms with Gasteiger partial charge in [-0.25, -0.2) is 9.13 Å². The molecule has 3 nitrogen and oxygen atoms in total. The smallest absolute Gasteiger partial charge is 0.172 e. The summed E-state index contributed by atoms with van der Waals surface area (Å²) >= 11 is 0. The number of hydrogen-bond acceptors (Lipinski definition) is 2. The van der Waals surface area contributed by atoms with E-state index in [1.165, 1.54) is 36.9 Å². The van der Waals surface area contributed by atoms with Gasteiger partial charge in [-0.05, 0) is 37.1 Å². The van der Waals surface area contributed by atoms with E-state index >= 15 is 0 Å². The Morgan fingerprint density at radius 3 is 2.53 bits per heavy atom. The van der Waals surface area contributed by atoms with Crippen LogP contribution in [0.1, 0.15) is 48.9 Å². The van der Waals surface area contributed by atoms with E-state index in [2.05, 4.69) is 0 Å². The summed E-state index contributed by atoms with van der Waals surface area (Å²) in [7, 11) is 0. The largest absolute Gasteiger partial charge is 0.624 e. The molecule has 102 valence electrons. The molecule has 0 unspecified atom stereocenters. The van der Waals surface area contributed by atoms with Crippen LogP contribution in [0.5, 0.6) is 0 Å². The molecule has 0 heterocycles. The number of Topliss-reactive ketones (excluding diaryl/α,β-unsaturated/α-hetero) is 1. The lowest BCUT2D eigenvalue weighted by Crippen LogP contribution is -2.25. The molecule has 0 amide bonds. The number of carbonyl (C=O) groups is 1. The highest BCUT2D eigenvalue weighted by atomic mass is 19.1. The van der Waals surface area contributed by atoms with E-state index in [0.29, 0.717) is 5.56 Å². The van der Waals surface area contributed by atoms with Gasteiger partial charge >= 0.3 is 0 Å². The van der Waals surface area contributed by atoms with Crippen molar-refractivity contribution in [3.05, 3.63) is 40.9 Å². The molecular formula is C15H18FNO2. The summed E-state index contributed by atoms with van der Waals surface area (Å²) in [6, 6.07) is 5.42. The van der Waals surface area contributed by atoms with E-state index < -0.39 is 0 Å². The van der Waals surface area contributed by atoms with Crippen LogP contribution in [-0.2, 0) is 0 Å². The van der Waals surface area contributed by atoms with Crippen LogP contribution in [0.2, 0.25) is 0 Å². The first-order valence-corrected chi connectivity index (χ1v) is 6.74. The summed E-state index contributed by atoms with van der Waals surface area (Å²) < 4.78 is 13.7. The van der Waals surface area contributed by atoms with Crippen LogP contribution in [-0.4, -0.2) is 22.8 Å². The lowest BCUT2D eigenvalue weighted by Gasteiger charge is -2.20. The number of rotatable bonds is 4. The van der Waals surface area contributed by atoms with Crippen molar-refractivity contribution in [2.45, 2.75) is 44.6 Å². The molecule has 0 atom stereocenters. The SMILES string of the molecule is O=C(C/C=[N+](\[O-])C1CCCCC1)c1ccc(F)cc1. The average molecular weight is 263 g/mol. The lowest BCUT2D eigenvalue weighted by atomic mass is 9.96. The Hall–Kier alpha value is -1.71. The molecule has 0 N–H and O–H groups in total. The van der Waals surface area contributed by atoms with E-state index in [9.17, 15) is 14.4 Å². The Balaban J connectivity index is 1.93. The second-order valence-electron chi connectivity index (χ2n) is 4.97. The molecule has 1 aliphatic carbocycles. The van der Waals surface area contributed by atoms with E-state index in [1.807, 2.05) is 0 Å². The molecule has 0 saturated heterocycles. The highest BCUT2D eigenvalue weighted by Gasteiger charge is 2.19. The van der Waals surface area contributed by atoms with Gasteiger partial charge in [0.15, 0.2) is 18.0 Å². The van der Waals surface area contributed by atoms with Gasteiger partial charge in [-0.15, -0.1) is 0 Å². The number of ketones is 1. The molecular weight excluding hydrogens is 245 g/mol. The molecule has 1 saturated carbocycles. The van der Waals surface area contributed by atoms with Crippen molar-refractivity contribution in [3.63, 3.8) is 0 Å². The maximum atomic E-state index is 12.7. The molecule has 1 fully saturated rings.